The minimum atomic E-state index is -0.956. The molecule has 0 aliphatic rings. The molecule has 0 atom stereocenters. The number of aromatic nitrogens is 2. The molecule has 1 N–H and O–H groups in total. The third-order valence-electron chi connectivity index (χ3n) is 2.42. The van der Waals surface area contributed by atoms with Crippen LogP contribution in [0.4, 0.5) is 0 Å². The molecule has 1 aromatic carbocycles. The summed E-state index contributed by atoms with van der Waals surface area (Å²) in [7, 11) is 0. The minimum absolute atomic E-state index is 0.235. The van der Waals surface area contributed by atoms with E-state index in [0.29, 0.717) is 11.6 Å². The molecule has 0 aliphatic heterocycles. The number of ether oxygens (including phenoxy) is 1. The predicted octanol–water partition coefficient (Wildman–Crippen LogP) is 2.58. The van der Waals surface area contributed by atoms with Crippen LogP contribution in [0.3, 0.4) is 0 Å². The van der Waals surface area contributed by atoms with Gasteiger partial charge >= 0.3 is 5.97 Å². The number of carboxylic acid groups (broad SMARTS) is 1. The number of aromatic carboxylic acids is 1. The molecule has 2 aromatic rings. The van der Waals surface area contributed by atoms with Gasteiger partial charge in [0.05, 0.1) is 5.56 Å². The van der Waals surface area contributed by atoms with Crippen molar-refractivity contribution >= 4 is 5.97 Å². The van der Waals surface area contributed by atoms with Crippen LogP contribution in [-0.2, 0) is 0 Å². The summed E-state index contributed by atoms with van der Waals surface area (Å²) < 4.78 is 5.58. The lowest BCUT2D eigenvalue weighted by molar-refractivity contribution is 0.0697. The Bertz CT molecular complexity index is 597. The number of aryl methyl sites for hydroxylation is 2. The third kappa shape index (κ3) is 2.63. The van der Waals surface area contributed by atoms with E-state index in [9.17, 15) is 4.79 Å². The van der Waals surface area contributed by atoms with E-state index in [-0.39, 0.29) is 5.56 Å². The summed E-state index contributed by atoms with van der Waals surface area (Å²) in [4.78, 5) is 18.8. The summed E-state index contributed by atoms with van der Waals surface area (Å²) in [6.45, 7) is 3.63. The molecule has 18 heavy (non-hydrogen) atoms. The topological polar surface area (TPSA) is 72.3 Å². The highest BCUT2D eigenvalue weighted by Crippen LogP contribution is 2.24. The van der Waals surface area contributed by atoms with Crippen molar-refractivity contribution in [1.82, 2.24) is 9.97 Å². The van der Waals surface area contributed by atoms with Crippen molar-refractivity contribution in [3.63, 3.8) is 0 Å². The molecule has 0 radical (unpaired) electrons. The Morgan fingerprint density at radius 3 is 2.61 bits per heavy atom. The second kappa shape index (κ2) is 4.83. The van der Waals surface area contributed by atoms with Gasteiger partial charge in [-0.3, -0.25) is 0 Å². The molecule has 1 aromatic heterocycles. The largest absolute Gasteiger partial charge is 0.478 e. The Morgan fingerprint density at radius 2 is 2.00 bits per heavy atom. The van der Waals surface area contributed by atoms with Crippen LogP contribution >= 0.6 is 0 Å². The van der Waals surface area contributed by atoms with Crippen LogP contribution < -0.4 is 4.74 Å². The molecule has 0 spiro atoms. The zero-order chi connectivity index (χ0) is 13.1. The first-order valence-corrected chi connectivity index (χ1v) is 5.36. The molecule has 0 bridgehead atoms. The fourth-order valence-electron chi connectivity index (χ4n) is 1.50. The standard InChI is InChI=1S/C13H12N2O3/c1-8-5-10(13(16)17)3-4-11(8)18-12-6-9(2)14-7-15-12/h3-7H,1-2H3,(H,16,17). The Labute approximate surface area is 104 Å². The molecule has 0 amide bonds. The van der Waals surface area contributed by atoms with Gasteiger partial charge in [-0.05, 0) is 37.6 Å². The lowest BCUT2D eigenvalue weighted by Gasteiger charge is -2.08. The number of rotatable bonds is 3. The summed E-state index contributed by atoms with van der Waals surface area (Å²) in [5, 5.41) is 8.86. The normalized spacial score (nSPS) is 10.1. The first-order chi connectivity index (χ1) is 8.56. The molecule has 5 heteroatoms. The predicted molar refractivity (Wildman–Crippen MR) is 65.0 cm³/mol. The average Bonchev–Trinajstić information content (AvgIpc) is 2.31. The third-order valence-corrected chi connectivity index (χ3v) is 2.42. The average molecular weight is 244 g/mol. The zero-order valence-electron chi connectivity index (χ0n) is 10.0. The number of carbonyl (C=O) groups is 1. The molecular weight excluding hydrogens is 232 g/mol. The van der Waals surface area contributed by atoms with E-state index < -0.39 is 5.97 Å². The number of hydrogen-bond acceptors (Lipinski definition) is 4. The molecule has 0 aliphatic carbocycles. The molecule has 92 valence electrons. The number of carboxylic acids is 1. The molecule has 0 fully saturated rings. The summed E-state index contributed by atoms with van der Waals surface area (Å²) in [6.07, 6.45) is 1.42. The Kier molecular flexibility index (Phi) is 3.23. The van der Waals surface area contributed by atoms with Gasteiger partial charge in [0, 0.05) is 11.8 Å². The van der Waals surface area contributed by atoms with Crippen molar-refractivity contribution in [1.29, 1.82) is 0 Å². The Hall–Kier alpha value is -2.43. The highest BCUT2D eigenvalue weighted by Gasteiger charge is 2.07. The number of benzene rings is 1. The van der Waals surface area contributed by atoms with Crippen molar-refractivity contribution in [3.8, 4) is 11.6 Å². The molecular formula is C13H12N2O3. The molecule has 0 unspecified atom stereocenters. The maximum atomic E-state index is 10.8. The molecule has 1 heterocycles. The van der Waals surface area contributed by atoms with Crippen molar-refractivity contribution in [2.75, 3.05) is 0 Å². The molecule has 0 saturated heterocycles. The quantitative estimate of drug-likeness (QED) is 0.898. The van der Waals surface area contributed by atoms with Crippen molar-refractivity contribution in [2.24, 2.45) is 0 Å². The van der Waals surface area contributed by atoms with E-state index >= 15 is 0 Å². The van der Waals surface area contributed by atoms with Crippen LogP contribution in [0.1, 0.15) is 21.6 Å². The molecule has 2 rings (SSSR count). The fourth-order valence-corrected chi connectivity index (χ4v) is 1.50. The van der Waals surface area contributed by atoms with E-state index in [1.807, 2.05) is 6.92 Å². The first-order valence-electron chi connectivity index (χ1n) is 5.36. The van der Waals surface area contributed by atoms with Crippen LogP contribution in [0.25, 0.3) is 0 Å². The highest BCUT2D eigenvalue weighted by molar-refractivity contribution is 5.88. The molecule has 0 saturated carbocycles. The Balaban J connectivity index is 2.27. The maximum Gasteiger partial charge on any atom is 0.335 e. The van der Waals surface area contributed by atoms with E-state index in [2.05, 4.69) is 9.97 Å². The SMILES string of the molecule is Cc1cc(Oc2ccc(C(=O)O)cc2C)ncn1. The van der Waals surface area contributed by atoms with Gasteiger partial charge in [-0.25, -0.2) is 14.8 Å². The van der Waals surface area contributed by atoms with E-state index in [1.54, 1.807) is 25.1 Å². The smallest absolute Gasteiger partial charge is 0.335 e. The second-order valence-electron chi connectivity index (χ2n) is 3.89. The first kappa shape index (κ1) is 12.0. The summed E-state index contributed by atoms with van der Waals surface area (Å²) in [6, 6.07) is 6.39. The van der Waals surface area contributed by atoms with Crippen molar-refractivity contribution in [3.05, 3.63) is 47.4 Å². The van der Waals surface area contributed by atoms with Crippen LogP contribution in [0.2, 0.25) is 0 Å². The number of nitrogens with zero attached hydrogens (tertiary/aromatic N) is 2. The van der Waals surface area contributed by atoms with Gasteiger partial charge < -0.3 is 9.84 Å². The van der Waals surface area contributed by atoms with E-state index in [4.69, 9.17) is 9.84 Å². The Morgan fingerprint density at radius 1 is 1.22 bits per heavy atom. The monoisotopic (exact) mass is 244 g/mol. The van der Waals surface area contributed by atoms with Crippen LogP contribution in [0.5, 0.6) is 11.6 Å². The van der Waals surface area contributed by atoms with Crippen LogP contribution in [-0.4, -0.2) is 21.0 Å². The van der Waals surface area contributed by atoms with Gasteiger partial charge in [0.2, 0.25) is 5.88 Å². The van der Waals surface area contributed by atoms with Crippen molar-refractivity contribution < 1.29 is 14.6 Å². The highest BCUT2D eigenvalue weighted by atomic mass is 16.5. The van der Waals surface area contributed by atoms with E-state index in [1.165, 1.54) is 12.4 Å². The van der Waals surface area contributed by atoms with Crippen LogP contribution in [0.15, 0.2) is 30.6 Å². The lowest BCUT2D eigenvalue weighted by atomic mass is 10.1. The van der Waals surface area contributed by atoms with Crippen LogP contribution in [0, 0.1) is 13.8 Å². The van der Waals surface area contributed by atoms with E-state index in [0.717, 1.165) is 11.3 Å². The van der Waals surface area contributed by atoms with Gasteiger partial charge in [0.25, 0.3) is 0 Å². The van der Waals surface area contributed by atoms with Gasteiger partial charge in [0.1, 0.15) is 12.1 Å². The summed E-state index contributed by atoms with van der Waals surface area (Å²) in [5.74, 6) is 0.0642. The van der Waals surface area contributed by atoms with Gasteiger partial charge in [-0.1, -0.05) is 0 Å². The second-order valence-corrected chi connectivity index (χ2v) is 3.89. The van der Waals surface area contributed by atoms with Gasteiger partial charge in [0.15, 0.2) is 0 Å². The maximum absolute atomic E-state index is 10.8. The zero-order valence-corrected chi connectivity index (χ0v) is 10.0. The summed E-state index contributed by atoms with van der Waals surface area (Å²) >= 11 is 0. The fraction of sp³-hybridized carbons (Fsp3) is 0.154. The van der Waals surface area contributed by atoms with Gasteiger partial charge in [-0.2, -0.15) is 0 Å². The minimum Gasteiger partial charge on any atom is -0.478 e. The van der Waals surface area contributed by atoms with Crippen molar-refractivity contribution in [2.45, 2.75) is 13.8 Å². The summed E-state index contributed by atoms with van der Waals surface area (Å²) in [5.41, 5.74) is 1.78. The number of hydrogen-bond donors (Lipinski definition) is 1. The lowest BCUT2D eigenvalue weighted by Crippen LogP contribution is -1.98. The van der Waals surface area contributed by atoms with Gasteiger partial charge in [-0.15, -0.1) is 0 Å². The molecule has 5 nitrogen and oxygen atoms in total.